The van der Waals surface area contributed by atoms with Crippen molar-refractivity contribution in [2.45, 2.75) is 77.4 Å². The van der Waals surface area contributed by atoms with Crippen molar-refractivity contribution in [2.24, 2.45) is 33.5 Å². The number of allylic oxidation sites excluding steroid dienone is 4. The zero-order valence-corrected chi connectivity index (χ0v) is 26.3. The Morgan fingerprint density at radius 2 is 1.58 bits per heavy atom. The van der Waals surface area contributed by atoms with E-state index in [1.807, 2.05) is 29.2 Å². The predicted octanol–water partition coefficient (Wildman–Crippen LogP) is 4.63. The summed E-state index contributed by atoms with van der Waals surface area (Å²) in [7, 11) is 1.63. The molecule has 4 fully saturated rings. The van der Waals surface area contributed by atoms with Crippen molar-refractivity contribution in [1.29, 1.82) is 0 Å². The molecule has 1 heterocycles. The number of aliphatic hydroxyl groups excluding tert-OH is 1. The molecule has 0 aromatic heterocycles. The van der Waals surface area contributed by atoms with Gasteiger partial charge in [-0.15, -0.1) is 0 Å². The minimum Gasteiger partial charge on any atom is -0.497 e. The summed E-state index contributed by atoms with van der Waals surface area (Å²) in [6.45, 7) is 9.92. The minimum atomic E-state index is -0.868. The summed E-state index contributed by atoms with van der Waals surface area (Å²) in [6.07, 6.45) is 12.5. The maximum atomic E-state index is 14.6. The van der Waals surface area contributed by atoms with Crippen LogP contribution in [-0.2, 0) is 4.79 Å². The molecule has 2 spiro atoms. The van der Waals surface area contributed by atoms with Crippen molar-refractivity contribution in [2.75, 3.05) is 39.8 Å². The van der Waals surface area contributed by atoms with Crippen molar-refractivity contribution in [3.8, 4) is 5.75 Å². The Balaban J connectivity index is 1.29. The van der Waals surface area contributed by atoms with E-state index in [1.165, 1.54) is 0 Å². The molecule has 7 heteroatoms. The van der Waals surface area contributed by atoms with Crippen LogP contribution in [0.2, 0.25) is 0 Å². The molecular formula is C36H48N2O5. The summed E-state index contributed by atoms with van der Waals surface area (Å²) in [4.78, 5) is 30.8. The van der Waals surface area contributed by atoms with Crippen molar-refractivity contribution < 1.29 is 24.5 Å². The van der Waals surface area contributed by atoms with E-state index >= 15 is 0 Å². The first-order chi connectivity index (χ1) is 20.4. The normalized spacial score (nSPS) is 43.4. The first kappa shape index (κ1) is 29.2. The number of carbonyl (C=O) groups excluding carboxylic acids is 2. The number of β-amino-alcohol motifs (C(OH)–C–C–N with tert-alkyl or cyclic N) is 1. The Bertz CT molecular complexity index is 1380. The highest BCUT2D eigenvalue weighted by Gasteiger charge is 2.74. The largest absolute Gasteiger partial charge is 0.497 e. The third-order valence-corrected chi connectivity index (χ3v) is 13.6. The van der Waals surface area contributed by atoms with Gasteiger partial charge in [-0.05, 0) is 86.5 Å². The molecule has 1 saturated heterocycles. The lowest BCUT2D eigenvalue weighted by atomic mass is 9.32. The lowest BCUT2D eigenvalue weighted by molar-refractivity contribution is -0.177. The molecular weight excluding hydrogens is 540 g/mol. The summed E-state index contributed by atoms with van der Waals surface area (Å²) in [5.74, 6) is 1.32. The Morgan fingerprint density at radius 3 is 2.26 bits per heavy atom. The number of ketones is 1. The molecule has 2 N–H and O–H groups in total. The molecule has 3 saturated carbocycles. The summed E-state index contributed by atoms with van der Waals surface area (Å²) >= 11 is 0. The monoisotopic (exact) mass is 588 g/mol. The van der Waals surface area contributed by atoms with Crippen LogP contribution in [0.3, 0.4) is 0 Å². The molecule has 1 aliphatic heterocycles. The average molecular weight is 589 g/mol. The highest BCUT2D eigenvalue weighted by Crippen LogP contribution is 2.78. The van der Waals surface area contributed by atoms with Gasteiger partial charge in [-0.3, -0.25) is 14.5 Å². The molecule has 2 bridgehead atoms. The van der Waals surface area contributed by atoms with Crippen molar-refractivity contribution >= 4 is 11.7 Å². The maximum Gasteiger partial charge on any atom is 0.219 e. The van der Waals surface area contributed by atoms with Gasteiger partial charge < -0.3 is 19.8 Å². The Kier molecular flexibility index (Phi) is 6.64. The van der Waals surface area contributed by atoms with Gasteiger partial charge in [0.05, 0.1) is 18.8 Å². The molecule has 1 aromatic rings. The Labute approximate surface area is 256 Å². The van der Waals surface area contributed by atoms with Crippen molar-refractivity contribution in [3.63, 3.8) is 0 Å². The SMILES string of the molecule is COc1ccc(C(=O)C2=CC34C=CC25C(CCC2(C)C5CCC2(O)CN2CCN(C(C)=O)CC2)C3(C)CCC(O)C4)cc1. The second-order valence-corrected chi connectivity index (χ2v) is 15.2. The number of carbonyl (C=O) groups is 2. The number of benzene rings is 1. The number of fused-ring (bicyclic) bond motifs is 1. The quantitative estimate of drug-likeness (QED) is 0.385. The van der Waals surface area contributed by atoms with Gasteiger partial charge in [0.2, 0.25) is 5.91 Å². The van der Waals surface area contributed by atoms with Gasteiger partial charge in [0.1, 0.15) is 5.75 Å². The van der Waals surface area contributed by atoms with Crippen LogP contribution >= 0.6 is 0 Å². The van der Waals surface area contributed by atoms with Gasteiger partial charge in [-0.1, -0.05) is 32.1 Å². The van der Waals surface area contributed by atoms with Gasteiger partial charge in [-0.2, -0.15) is 0 Å². The zero-order valence-electron chi connectivity index (χ0n) is 26.3. The third-order valence-electron chi connectivity index (χ3n) is 13.6. The predicted molar refractivity (Wildman–Crippen MR) is 165 cm³/mol. The lowest BCUT2D eigenvalue weighted by Crippen LogP contribution is -2.67. The zero-order chi connectivity index (χ0) is 30.4. The number of hydrogen-bond donors (Lipinski definition) is 2. The van der Waals surface area contributed by atoms with E-state index in [-0.39, 0.29) is 45.9 Å². The number of rotatable bonds is 5. The number of hydrogen-bond acceptors (Lipinski definition) is 6. The van der Waals surface area contributed by atoms with Crippen LogP contribution in [0.5, 0.6) is 5.75 Å². The topological polar surface area (TPSA) is 90.3 Å². The second-order valence-electron chi connectivity index (χ2n) is 15.2. The number of Topliss-reactive ketones (excluding diaryl/α,β-unsaturated/α-hetero) is 1. The van der Waals surface area contributed by atoms with Gasteiger partial charge in [0, 0.05) is 67.0 Å². The number of aliphatic hydroxyl groups is 2. The lowest BCUT2D eigenvalue weighted by Gasteiger charge is -2.71. The van der Waals surface area contributed by atoms with Gasteiger partial charge in [0.25, 0.3) is 0 Å². The van der Waals surface area contributed by atoms with Gasteiger partial charge in [-0.25, -0.2) is 0 Å². The molecule has 43 heavy (non-hydrogen) atoms. The molecule has 8 unspecified atom stereocenters. The highest BCUT2D eigenvalue weighted by atomic mass is 16.5. The summed E-state index contributed by atoms with van der Waals surface area (Å²) in [5.41, 5.74) is -0.518. The van der Waals surface area contributed by atoms with Gasteiger partial charge in [0.15, 0.2) is 5.78 Å². The number of piperazine rings is 1. The second kappa shape index (κ2) is 9.76. The van der Waals surface area contributed by atoms with Crippen molar-refractivity contribution in [1.82, 2.24) is 9.80 Å². The summed E-state index contributed by atoms with van der Waals surface area (Å²) < 4.78 is 5.38. The van der Waals surface area contributed by atoms with E-state index in [9.17, 15) is 19.8 Å². The van der Waals surface area contributed by atoms with E-state index in [1.54, 1.807) is 14.0 Å². The van der Waals surface area contributed by atoms with Crippen LogP contribution in [0.25, 0.3) is 0 Å². The van der Waals surface area contributed by atoms with Crippen LogP contribution in [0.1, 0.15) is 76.1 Å². The number of methoxy groups -OCH3 is 1. The van der Waals surface area contributed by atoms with Crippen LogP contribution in [0, 0.1) is 33.5 Å². The van der Waals surface area contributed by atoms with Crippen LogP contribution in [0.15, 0.2) is 48.1 Å². The summed E-state index contributed by atoms with van der Waals surface area (Å²) in [6, 6.07) is 7.47. The Morgan fingerprint density at radius 1 is 0.930 bits per heavy atom. The van der Waals surface area contributed by atoms with Crippen molar-refractivity contribution in [3.05, 3.63) is 53.6 Å². The van der Waals surface area contributed by atoms with Crippen LogP contribution in [-0.4, -0.2) is 83.2 Å². The van der Waals surface area contributed by atoms with E-state index in [2.05, 4.69) is 37.0 Å². The van der Waals surface area contributed by atoms with Crippen LogP contribution < -0.4 is 4.74 Å². The first-order valence-electron chi connectivity index (χ1n) is 16.4. The molecule has 0 radical (unpaired) electrons. The molecule has 1 aromatic carbocycles. The number of ether oxygens (including phenoxy) is 1. The van der Waals surface area contributed by atoms with E-state index in [0.717, 1.165) is 56.5 Å². The fourth-order valence-corrected chi connectivity index (χ4v) is 11.1. The molecule has 8 atom stereocenters. The highest BCUT2D eigenvalue weighted by molar-refractivity contribution is 6.10. The Hall–Kier alpha value is -2.48. The fraction of sp³-hybridized carbons (Fsp3) is 0.667. The molecule has 7 aliphatic rings. The maximum absolute atomic E-state index is 14.6. The first-order valence-corrected chi connectivity index (χ1v) is 16.4. The molecule has 1 amide bonds. The van der Waals surface area contributed by atoms with Gasteiger partial charge >= 0.3 is 0 Å². The fourth-order valence-electron chi connectivity index (χ4n) is 11.1. The van der Waals surface area contributed by atoms with E-state index < -0.39 is 11.0 Å². The molecule has 7 nitrogen and oxygen atoms in total. The molecule has 6 aliphatic carbocycles. The van der Waals surface area contributed by atoms with E-state index in [4.69, 9.17) is 4.74 Å². The average Bonchev–Trinajstić information content (AvgIpc) is 3.27. The minimum absolute atomic E-state index is 0.0459. The summed E-state index contributed by atoms with van der Waals surface area (Å²) in [5, 5.41) is 23.5. The smallest absolute Gasteiger partial charge is 0.219 e. The standard InChI is InChI=1S/C36H48N2O5/c1-24(39)38-19-17-37(18-20-38)23-35(42)14-11-30-33(35,3)13-10-29-32(2)12-9-26(40)21-34(32)15-16-36(29,30)28(22-34)31(41)25-5-7-27(43-4)8-6-25/h5-8,15-16,22,26,29-30,40,42H,9-14,17-21,23H2,1-4H3. The third kappa shape index (κ3) is 3.89. The van der Waals surface area contributed by atoms with E-state index in [0.29, 0.717) is 38.0 Å². The molecule has 8 rings (SSSR count). The van der Waals surface area contributed by atoms with Crippen LogP contribution in [0.4, 0.5) is 0 Å². The number of nitrogens with zero attached hydrogens (tertiary/aromatic N) is 2. The molecule has 232 valence electrons. The number of amides is 1.